The van der Waals surface area contributed by atoms with Crippen LogP contribution in [0.15, 0.2) is 54.6 Å². The van der Waals surface area contributed by atoms with Crippen LogP contribution in [0.4, 0.5) is 18.9 Å². The van der Waals surface area contributed by atoms with Gasteiger partial charge in [0.15, 0.2) is 5.69 Å². The molecule has 9 heteroatoms. The maximum atomic E-state index is 13.7. The Bertz CT molecular complexity index is 1230. The molecule has 2 aromatic carbocycles. The molecule has 6 nitrogen and oxygen atoms in total. The van der Waals surface area contributed by atoms with E-state index in [0.29, 0.717) is 15.8 Å². The Labute approximate surface area is 169 Å². The van der Waals surface area contributed by atoms with E-state index in [0.717, 1.165) is 17.2 Å². The number of aromatic nitrogens is 4. The second kappa shape index (κ2) is 7.25. The van der Waals surface area contributed by atoms with Gasteiger partial charge in [-0.3, -0.25) is 4.79 Å². The van der Waals surface area contributed by atoms with Crippen molar-refractivity contribution in [1.29, 1.82) is 0 Å². The van der Waals surface area contributed by atoms with Gasteiger partial charge in [0.2, 0.25) is 5.82 Å². The van der Waals surface area contributed by atoms with E-state index in [1.54, 1.807) is 48.5 Å². The second-order valence-electron chi connectivity index (χ2n) is 6.86. The summed E-state index contributed by atoms with van der Waals surface area (Å²) in [6.45, 7) is 3.77. The van der Waals surface area contributed by atoms with Gasteiger partial charge >= 0.3 is 6.18 Å². The standard InChI is InChI=1S/C21H16F3N5O/c1-12-3-7-14(8-4-12)16-11-17(21(22,23)24)29-20(26-16)27-18(28-29)19(30)25-15-9-5-13(2)6-10-15/h3-11H,1-2H3,(H,25,30). The van der Waals surface area contributed by atoms with E-state index in [-0.39, 0.29) is 11.5 Å². The lowest BCUT2D eigenvalue weighted by atomic mass is 10.1. The van der Waals surface area contributed by atoms with Crippen LogP contribution in [-0.2, 0) is 6.18 Å². The third-order valence-corrected chi connectivity index (χ3v) is 4.46. The van der Waals surface area contributed by atoms with E-state index in [9.17, 15) is 18.0 Å². The first-order valence-corrected chi connectivity index (χ1v) is 9.01. The van der Waals surface area contributed by atoms with Crippen LogP contribution in [0.1, 0.15) is 27.4 Å². The van der Waals surface area contributed by atoms with E-state index in [4.69, 9.17) is 0 Å². The van der Waals surface area contributed by atoms with E-state index in [1.165, 1.54) is 0 Å². The molecular weight excluding hydrogens is 395 g/mol. The first-order valence-electron chi connectivity index (χ1n) is 9.01. The average molecular weight is 411 g/mol. The number of anilines is 1. The zero-order chi connectivity index (χ0) is 21.5. The van der Waals surface area contributed by atoms with Crippen molar-refractivity contribution in [2.75, 3.05) is 5.32 Å². The van der Waals surface area contributed by atoms with Crippen LogP contribution in [0.5, 0.6) is 0 Å². The molecule has 4 rings (SSSR count). The summed E-state index contributed by atoms with van der Waals surface area (Å²) in [5, 5.41) is 6.32. The van der Waals surface area contributed by atoms with E-state index < -0.39 is 23.6 Å². The average Bonchev–Trinajstić information content (AvgIpc) is 3.13. The van der Waals surface area contributed by atoms with Crippen molar-refractivity contribution in [2.45, 2.75) is 20.0 Å². The molecule has 0 saturated carbocycles. The monoisotopic (exact) mass is 411 g/mol. The van der Waals surface area contributed by atoms with Crippen molar-refractivity contribution < 1.29 is 18.0 Å². The topological polar surface area (TPSA) is 72.2 Å². The lowest BCUT2D eigenvalue weighted by molar-refractivity contribution is -0.142. The molecule has 0 aliphatic carbocycles. The number of rotatable bonds is 3. The number of benzene rings is 2. The molecule has 1 amide bonds. The smallest absolute Gasteiger partial charge is 0.319 e. The molecule has 0 aliphatic rings. The summed E-state index contributed by atoms with van der Waals surface area (Å²) in [7, 11) is 0. The van der Waals surface area contributed by atoms with Gasteiger partial charge in [-0.2, -0.15) is 22.7 Å². The molecule has 0 radical (unpaired) electrons. The summed E-state index contributed by atoms with van der Waals surface area (Å²) in [5.74, 6) is -1.45. The van der Waals surface area contributed by atoms with Crippen LogP contribution in [0.2, 0.25) is 0 Å². The Morgan fingerprint density at radius 2 is 1.53 bits per heavy atom. The van der Waals surface area contributed by atoms with Gasteiger partial charge in [-0.1, -0.05) is 47.5 Å². The number of nitrogens with one attached hydrogen (secondary N) is 1. The fourth-order valence-electron chi connectivity index (χ4n) is 2.86. The lowest BCUT2D eigenvalue weighted by Crippen LogP contribution is -2.16. The number of carbonyl (C=O) groups is 1. The Morgan fingerprint density at radius 1 is 0.933 bits per heavy atom. The molecule has 0 fully saturated rings. The molecule has 0 bridgehead atoms. The summed E-state index contributed by atoms with van der Waals surface area (Å²) in [5.41, 5.74) is 1.98. The number of halogens is 3. The minimum absolute atomic E-state index is 0.0905. The van der Waals surface area contributed by atoms with Crippen molar-refractivity contribution in [3.63, 3.8) is 0 Å². The summed E-state index contributed by atoms with van der Waals surface area (Å²) >= 11 is 0. The maximum Gasteiger partial charge on any atom is 0.433 e. The molecule has 152 valence electrons. The largest absolute Gasteiger partial charge is 0.433 e. The Morgan fingerprint density at radius 3 is 2.13 bits per heavy atom. The lowest BCUT2D eigenvalue weighted by Gasteiger charge is -2.10. The van der Waals surface area contributed by atoms with Gasteiger partial charge in [0.1, 0.15) is 0 Å². The highest BCUT2D eigenvalue weighted by atomic mass is 19.4. The van der Waals surface area contributed by atoms with Crippen LogP contribution in [0.25, 0.3) is 17.0 Å². The second-order valence-corrected chi connectivity index (χ2v) is 6.86. The quantitative estimate of drug-likeness (QED) is 0.531. The molecule has 0 unspecified atom stereocenters. The number of fused-ring (bicyclic) bond motifs is 1. The fraction of sp³-hybridized carbons (Fsp3) is 0.143. The minimum Gasteiger partial charge on any atom is -0.319 e. The highest BCUT2D eigenvalue weighted by molar-refractivity contribution is 6.01. The highest BCUT2D eigenvalue weighted by Crippen LogP contribution is 2.32. The Hall–Kier alpha value is -3.75. The number of hydrogen-bond donors (Lipinski definition) is 1. The predicted molar refractivity (Wildman–Crippen MR) is 105 cm³/mol. The maximum absolute atomic E-state index is 13.7. The number of aryl methyl sites for hydroxylation is 2. The fourth-order valence-corrected chi connectivity index (χ4v) is 2.86. The van der Waals surface area contributed by atoms with Crippen molar-refractivity contribution in [1.82, 2.24) is 19.6 Å². The van der Waals surface area contributed by atoms with Gasteiger partial charge in [-0.15, -0.1) is 5.10 Å². The highest BCUT2D eigenvalue weighted by Gasteiger charge is 2.36. The van der Waals surface area contributed by atoms with E-state index in [1.807, 2.05) is 13.8 Å². The molecule has 30 heavy (non-hydrogen) atoms. The summed E-state index contributed by atoms with van der Waals surface area (Å²) < 4.78 is 41.5. The molecule has 0 aliphatic heterocycles. The minimum atomic E-state index is -4.71. The molecule has 0 atom stereocenters. The first kappa shape index (κ1) is 19.6. The third-order valence-electron chi connectivity index (χ3n) is 4.46. The van der Waals surface area contributed by atoms with Crippen LogP contribution in [-0.4, -0.2) is 25.5 Å². The first-order chi connectivity index (χ1) is 14.2. The molecule has 4 aromatic rings. The zero-order valence-electron chi connectivity index (χ0n) is 16.0. The van der Waals surface area contributed by atoms with E-state index >= 15 is 0 Å². The molecular formula is C21H16F3N5O. The third kappa shape index (κ3) is 3.86. The van der Waals surface area contributed by atoms with Crippen LogP contribution in [0, 0.1) is 13.8 Å². The predicted octanol–water partition coefficient (Wildman–Crippen LogP) is 4.68. The van der Waals surface area contributed by atoms with Gasteiger partial charge in [-0.25, -0.2) is 4.98 Å². The van der Waals surface area contributed by atoms with Crippen molar-refractivity contribution in [3.8, 4) is 11.3 Å². The van der Waals surface area contributed by atoms with Crippen LogP contribution >= 0.6 is 0 Å². The van der Waals surface area contributed by atoms with Gasteiger partial charge in [0, 0.05) is 11.3 Å². The summed E-state index contributed by atoms with van der Waals surface area (Å²) in [6, 6.07) is 14.8. The van der Waals surface area contributed by atoms with Crippen molar-refractivity contribution >= 4 is 17.4 Å². The number of hydrogen-bond acceptors (Lipinski definition) is 4. The number of amides is 1. The molecule has 2 aromatic heterocycles. The van der Waals surface area contributed by atoms with Crippen LogP contribution in [0.3, 0.4) is 0 Å². The Kier molecular flexibility index (Phi) is 4.73. The Balaban J connectivity index is 1.77. The summed E-state index contributed by atoms with van der Waals surface area (Å²) in [6.07, 6.45) is -4.71. The van der Waals surface area contributed by atoms with Gasteiger partial charge in [0.25, 0.3) is 11.7 Å². The van der Waals surface area contributed by atoms with Gasteiger partial charge < -0.3 is 5.32 Å². The number of alkyl halides is 3. The number of nitrogens with zero attached hydrogens (tertiary/aromatic N) is 4. The molecule has 1 N–H and O–H groups in total. The van der Waals surface area contributed by atoms with Gasteiger partial charge in [-0.05, 0) is 32.0 Å². The molecule has 0 spiro atoms. The van der Waals surface area contributed by atoms with Crippen LogP contribution < -0.4 is 5.32 Å². The van der Waals surface area contributed by atoms with Crippen molar-refractivity contribution in [2.24, 2.45) is 0 Å². The zero-order valence-corrected chi connectivity index (χ0v) is 16.0. The SMILES string of the molecule is Cc1ccc(NC(=O)c2nc3nc(-c4ccc(C)cc4)cc(C(F)(F)F)n3n2)cc1. The van der Waals surface area contributed by atoms with E-state index in [2.05, 4.69) is 20.4 Å². The summed E-state index contributed by atoms with van der Waals surface area (Å²) in [4.78, 5) is 20.6. The number of carbonyl (C=O) groups excluding carboxylic acids is 1. The van der Waals surface area contributed by atoms with Gasteiger partial charge in [0.05, 0.1) is 5.69 Å². The molecule has 0 saturated heterocycles. The van der Waals surface area contributed by atoms with Crippen molar-refractivity contribution in [3.05, 3.63) is 77.2 Å². The normalized spacial score (nSPS) is 11.6. The molecule has 2 heterocycles.